The standard InChI is InChI=1S/C11H21NO3/c1-3-12(4-2)10(7-11(13)14)9-5-6-15-8-9/h9-10H,3-8H2,1-2H3,(H,13,14). The van der Waals surface area contributed by atoms with E-state index in [2.05, 4.69) is 18.7 Å². The average molecular weight is 215 g/mol. The zero-order chi connectivity index (χ0) is 11.3. The van der Waals surface area contributed by atoms with Crippen LogP contribution in [-0.4, -0.2) is 48.3 Å². The van der Waals surface area contributed by atoms with E-state index >= 15 is 0 Å². The molecule has 2 atom stereocenters. The zero-order valence-corrected chi connectivity index (χ0v) is 9.61. The van der Waals surface area contributed by atoms with E-state index in [0.717, 1.165) is 26.1 Å². The fourth-order valence-electron chi connectivity index (χ4n) is 2.32. The highest BCUT2D eigenvalue weighted by Crippen LogP contribution is 2.23. The summed E-state index contributed by atoms with van der Waals surface area (Å²) in [4.78, 5) is 13.1. The second-order valence-electron chi connectivity index (χ2n) is 4.01. The van der Waals surface area contributed by atoms with Crippen LogP contribution in [0, 0.1) is 5.92 Å². The maximum atomic E-state index is 10.8. The Morgan fingerprint density at radius 1 is 1.53 bits per heavy atom. The molecule has 2 unspecified atom stereocenters. The maximum absolute atomic E-state index is 10.8. The molecule has 1 saturated heterocycles. The van der Waals surface area contributed by atoms with E-state index in [0.29, 0.717) is 12.5 Å². The van der Waals surface area contributed by atoms with Gasteiger partial charge in [0.1, 0.15) is 0 Å². The first kappa shape index (κ1) is 12.5. The molecule has 0 bridgehead atoms. The topological polar surface area (TPSA) is 49.8 Å². The number of rotatable bonds is 6. The van der Waals surface area contributed by atoms with Gasteiger partial charge in [0.2, 0.25) is 0 Å². The summed E-state index contributed by atoms with van der Waals surface area (Å²) in [5.74, 6) is -0.320. The van der Waals surface area contributed by atoms with Crippen LogP contribution in [0.3, 0.4) is 0 Å². The van der Waals surface area contributed by atoms with E-state index in [4.69, 9.17) is 9.84 Å². The quantitative estimate of drug-likeness (QED) is 0.723. The smallest absolute Gasteiger partial charge is 0.304 e. The van der Waals surface area contributed by atoms with Crippen molar-refractivity contribution in [2.75, 3.05) is 26.3 Å². The predicted molar refractivity (Wildman–Crippen MR) is 57.9 cm³/mol. The molecule has 88 valence electrons. The summed E-state index contributed by atoms with van der Waals surface area (Å²) >= 11 is 0. The Bertz CT molecular complexity index is 196. The number of carboxylic acids is 1. The van der Waals surface area contributed by atoms with Crippen LogP contribution >= 0.6 is 0 Å². The van der Waals surface area contributed by atoms with Gasteiger partial charge in [-0.2, -0.15) is 0 Å². The van der Waals surface area contributed by atoms with E-state index in [9.17, 15) is 4.79 Å². The number of carbonyl (C=O) groups is 1. The third kappa shape index (κ3) is 3.47. The fraction of sp³-hybridized carbons (Fsp3) is 0.909. The highest BCUT2D eigenvalue weighted by atomic mass is 16.5. The first-order chi connectivity index (χ1) is 7.19. The van der Waals surface area contributed by atoms with Gasteiger partial charge in [-0.3, -0.25) is 9.69 Å². The van der Waals surface area contributed by atoms with Crippen molar-refractivity contribution in [3.8, 4) is 0 Å². The Balaban J connectivity index is 2.61. The Hall–Kier alpha value is -0.610. The van der Waals surface area contributed by atoms with Gasteiger partial charge in [-0.25, -0.2) is 0 Å². The van der Waals surface area contributed by atoms with Gasteiger partial charge in [0, 0.05) is 18.6 Å². The molecule has 1 aliphatic heterocycles. The first-order valence-electron chi connectivity index (χ1n) is 5.72. The van der Waals surface area contributed by atoms with Crippen molar-refractivity contribution >= 4 is 5.97 Å². The Kier molecular flexibility index (Phi) is 5.05. The van der Waals surface area contributed by atoms with Gasteiger partial charge < -0.3 is 9.84 Å². The van der Waals surface area contributed by atoms with Crippen molar-refractivity contribution in [1.29, 1.82) is 0 Å². The molecule has 0 saturated carbocycles. The van der Waals surface area contributed by atoms with Gasteiger partial charge in [-0.15, -0.1) is 0 Å². The molecule has 0 aliphatic carbocycles. The number of hydrogen-bond acceptors (Lipinski definition) is 3. The molecular weight excluding hydrogens is 194 g/mol. The van der Waals surface area contributed by atoms with Gasteiger partial charge >= 0.3 is 5.97 Å². The SMILES string of the molecule is CCN(CC)C(CC(=O)O)C1CCOC1. The first-order valence-corrected chi connectivity index (χ1v) is 5.72. The second kappa shape index (κ2) is 6.08. The van der Waals surface area contributed by atoms with E-state index < -0.39 is 5.97 Å². The van der Waals surface area contributed by atoms with Crippen LogP contribution in [0.15, 0.2) is 0 Å². The van der Waals surface area contributed by atoms with Crippen molar-refractivity contribution in [2.24, 2.45) is 5.92 Å². The number of nitrogens with zero attached hydrogens (tertiary/aromatic N) is 1. The second-order valence-corrected chi connectivity index (χ2v) is 4.01. The minimum Gasteiger partial charge on any atom is -0.481 e. The van der Waals surface area contributed by atoms with Crippen LogP contribution in [0.4, 0.5) is 0 Å². The van der Waals surface area contributed by atoms with Crippen LogP contribution in [-0.2, 0) is 9.53 Å². The maximum Gasteiger partial charge on any atom is 0.304 e. The van der Waals surface area contributed by atoms with Gasteiger partial charge in [0.05, 0.1) is 13.0 Å². The molecule has 1 aliphatic rings. The summed E-state index contributed by atoms with van der Waals surface area (Å²) < 4.78 is 5.34. The van der Waals surface area contributed by atoms with Crippen molar-refractivity contribution in [3.05, 3.63) is 0 Å². The molecule has 4 heteroatoms. The van der Waals surface area contributed by atoms with Crippen LogP contribution < -0.4 is 0 Å². The van der Waals surface area contributed by atoms with Crippen molar-refractivity contribution in [3.63, 3.8) is 0 Å². The van der Waals surface area contributed by atoms with Crippen molar-refractivity contribution < 1.29 is 14.6 Å². The average Bonchev–Trinajstić information content (AvgIpc) is 2.70. The van der Waals surface area contributed by atoms with E-state index in [1.54, 1.807) is 0 Å². The van der Waals surface area contributed by atoms with Gasteiger partial charge in [0.25, 0.3) is 0 Å². The van der Waals surface area contributed by atoms with Gasteiger partial charge in [-0.1, -0.05) is 13.8 Å². The lowest BCUT2D eigenvalue weighted by atomic mass is 9.94. The molecule has 1 fully saturated rings. The molecular formula is C11H21NO3. The lowest BCUT2D eigenvalue weighted by molar-refractivity contribution is -0.139. The van der Waals surface area contributed by atoms with Crippen molar-refractivity contribution in [2.45, 2.75) is 32.7 Å². The summed E-state index contributed by atoms with van der Waals surface area (Å²) in [5.41, 5.74) is 0. The normalized spacial score (nSPS) is 23.3. The molecule has 4 nitrogen and oxygen atoms in total. The predicted octanol–water partition coefficient (Wildman–Crippen LogP) is 1.21. The Morgan fingerprint density at radius 2 is 2.20 bits per heavy atom. The third-order valence-electron chi connectivity index (χ3n) is 3.17. The minimum absolute atomic E-state index is 0.139. The van der Waals surface area contributed by atoms with Gasteiger partial charge in [0.15, 0.2) is 0 Å². The molecule has 0 amide bonds. The monoisotopic (exact) mass is 215 g/mol. The van der Waals surface area contributed by atoms with E-state index in [1.807, 2.05) is 0 Å². The number of carboxylic acid groups (broad SMARTS) is 1. The zero-order valence-electron chi connectivity index (χ0n) is 9.61. The lowest BCUT2D eigenvalue weighted by Crippen LogP contribution is -2.42. The van der Waals surface area contributed by atoms with Crippen LogP contribution in [0.25, 0.3) is 0 Å². The fourth-order valence-corrected chi connectivity index (χ4v) is 2.32. The molecule has 0 aromatic rings. The van der Waals surface area contributed by atoms with E-state index in [1.165, 1.54) is 0 Å². The minimum atomic E-state index is -0.709. The molecule has 1 heterocycles. The highest BCUT2D eigenvalue weighted by Gasteiger charge is 2.30. The highest BCUT2D eigenvalue weighted by molar-refractivity contribution is 5.67. The summed E-state index contributed by atoms with van der Waals surface area (Å²) in [5, 5.41) is 8.92. The molecule has 0 spiro atoms. The van der Waals surface area contributed by atoms with Crippen LogP contribution in [0.2, 0.25) is 0 Å². The Labute approximate surface area is 91.2 Å². The van der Waals surface area contributed by atoms with Crippen LogP contribution in [0.1, 0.15) is 26.7 Å². The number of hydrogen-bond donors (Lipinski definition) is 1. The molecule has 0 aromatic heterocycles. The lowest BCUT2D eigenvalue weighted by Gasteiger charge is -2.32. The Morgan fingerprint density at radius 3 is 2.60 bits per heavy atom. The number of ether oxygens (including phenoxy) is 1. The molecule has 0 radical (unpaired) electrons. The molecule has 1 rings (SSSR count). The van der Waals surface area contributed by atoms with Crippen molar-refractivity contribution in [1.82, 2.24) is 4.90 Å². The number of aliphatic carboxylic acids is 1. The molecule has 0 aromatic carbocycles. The third-order valence-corrected chi connectivity index (χ3v) is 3.17. The summed E-state index contributed by atoms with van der Waals surface area (Å²) in [6.45, 7) is 7.47. The molecule has 15 heavy (non-hydrogen) atoms. The summed E-state index contributed by atoms with van der Waals surface area (Å²) in [6.07, 6.45) is 1.23. The summed E-state index contributed by atoms with van der Waals surface area (Å²) in [6, 6.07) is 0.139. The van der Waals surface area contributed by atoms with Crippen LogP contribution in [0.5, 0.6) is 0 Å². The van der Waals surface area contributed by atoms with E-state index in [-0.39, 0.29) is 12.5 Å². The largest absolute Gasteiger partial charge is 0.481 e. The molecule has 1 N–H and O–H groups in total. The summed E-state index contributed by atoms with van der Waals surface area (Å²) in [7, 11) is 0. The van der Waals surface area contributed by atoms with Gasteiger partial charge in [-0.05, 0) is 19.5 Å².